The van der Waals surface area contributed by atoms with Gasteiger partial charge in [-0.1, -0.05) is 32.6 Å². The molecule has 0 aliphatic heterocycles. The van der Waals surface area contributed by atoms with Gasteiger partial charge in [0.05, 0.1) is 17.7 Å². The van der Waals surface area contributed by atoms with Crippen LogP contribution in [0.3, 0.4) is 0 Å². The molecule has 0 N–H and O–H groups in total. The van der Waals surface area contributed by atoms with Crippen molar-refractivity contribution in [3.63, 3.8) is 0 Å². The Balaban J connectivity index is 1.82. The Hall–Kier alpha value is -2.27. The second-order valence-corrected chi connectivity index (χ2v) is 7.07. The van der Waals surface area contributed by atoms with Crippen molar-refractivity contribution in [1.82, 2.24) is 0 Å². The first-order chi connectivity index (χ1) is 13.1. The molecule has 0 unspecified atom stereocenters. The van der Waals surface area contributed by atoms with Gasteiger partial charge in [0.15, 0.2) is 0 Å². The molecule has 2 rings (SSSR count). The molecular weight excluding hydrogens is 360 g/mol. The highest BCUT2D eigenvalue weighted by Crippen LogP contribution is 2.20. The Bertz CT molecular complexity index is 723. The number of benzene rings is 2. The maximum absolute atomic E-state index is 12.2. The predicted octanol–water partition coefficient (Wildman–Crippen LogP) is 5.75. The minimum atomic E-state index is -0.456. The number of carbonyl (C=O) groups excluding carboxylic acids is 2. The lowest BCUT2D eigenvalue weighted by molar-refractivity contribution is 0.0497. The van der Waals surface area contributed by atoms with E-state index in [0.717, 1.165) is 17.7 Å². The fourth-order valence-electron chi connectivity index (χ4n) is 2.51. The molecule has 0 heterocycles. The highest BCUT2D eigenvalue weighted by Gasteiger charge is 2.12. The molecular formula is C22H26O4S. The van der Waals surface area contributed by atoms with E-state index in [1.807, 2.05) is 18.4 Å². The van der Waals surface area contributed by atoms with Gasteiger partial charge in [0.1, 0.15) is 5.75 Å². The highest BCUT2D eigenvalue weighted by atomic mass is 32.2. The maximum atomic E-state index is 12.2. The molecule has 0 amide bonds. The van der Waals surface area contributed by atoms with E-state index in [2.05, 4.69) is 6.92 Å². The van der Waals surface area contributed by atoms with Gasteiger partial charge >= 0.3 is 11.9 Å². The third-order valence-corrected chi connectivity index (χ3v) is 4.85. The summed E-state index contributed by atoms with van der Waals surface area (Å²) in [5.41, 5.74) is 0.824. The fourth-order valence-corrected chi connectivity index (χ4v) is 2.91. The number of rotatable bonds is 10. The number of hydrogen-bond acceptors (Lipinski definition) is 5. The Morgan fingerprint density at radius 1 is 0.815 bits per heavy atom. The van der Waals surface area contributed by atoms with Crippen molar-refractivity contribution in [1.29, 1.82) is 0 Å². The van der Waals surface area contributed by atoms with Gasteiger partial charge in [0.25, 0.3) is 0 Å². The molecule has 0 spiro atoms. The molecule has 5 heteroatoms. The van der Waals surface area contributed by atoms with Crippen LogP contribution in [0.4, 0.5) is 0 Å². The van der Waals surface area contributed by atoms with Crippen molar-refractivity contribution in [3.05, 3.63) is 59.7 Å². The largest absolute Gasteiger partial charge is 0.462 e. The lowest BCUT2D eigenvalue weighted by Crippen LogP contribution is -2.10. The van der Waals surface area contributed by atoms with E-state index in [9.17, 15) is 9.59 Å². The Labute approximate surface area is 165 Å². The average Bonchev–Trinajstić information content (AvgIpc) is 2.71. The fraction of sp³-hybridized carbons (Fsp3) is 0.364. The molecule has 0 saturated carbocycles. The molecule has 2 aromatic carbocycles. The number of thioether (sulfide) groups is 1. The molecule has 0 radical (unpaired) electrons. The maximum Gasteiger partial charge on any atom is 0.343 e. The monoisotopic (exact) mass is 386 g/mol. The van der Waals surface area contributed by atoms with Crippen LogP contribution in [0, 0.1) is 0 Å². The minimum absolute atomic E-state index is 0.363. The molecule has 0 atom stereocenters. The number of hydrogen-bond donors (Lipinski definition) is 0. The van der Waals surface area contributed by atoms with Gasteiger partial charge in [0.2, 0.25) is 0 Å². The summed E-state index contributed by atoms with van der Waals surface area (Å²) in [6, 6.07) is 13.7. The first kappa shape index (κ1) is 21.0. The van der Waals surface area contributed by atoms with E-state index in [1.54, 1.807) is 48.2 Å². The molecule has 27 heavy (non-hydrogen) atoms. The van der Waals surface area contributed by atoms with Crippen molar-refractivity contribution in [2.24, 2.45) is 0 Å². The number of unbranched alkanes of at least 4 members (excludes halogenated alkanes) is 4. The van der Waals surface area contributed by atoms with Crippen LogP contribution in [-0.4, -0.2) is 24.8 Å². The molecule has 4 nitrogen and oxygen atoms in total. The molecule has 0 bridgehead atoms. The summed E-state index contributed by atoms with van der Waals surface area (Å²) < 4.78 is 10.6. The van der Waals surface area contributed by atoms with Gasteiger partial charge in [-0.2, -0.15) is 0 Å². The van der Waals surface area contributed by atoms with Crippen LogP contribution in [0.5, 0.6) is 5.75 Å². The summed E-state index contributed by atoms with van der Waals surface area (Å²) in [6.07, 6.45) is 7.52. The summed E-state index contributed by atoms with van der Waals surface area (Å²) in [5, 5.41) is 0. The van der Waals surface area contributed by atoms with E-state index < -0.39 is 5.97 Å². The van der Waals surface area contributed by atoms with E-state index in [1.165, 1.54) is 19.3 Å². The molecule has 0 aromatic heterocycles. The molecule has 2 aromatic rings. The van der Waals surface area contributed by atoms with Crippen molar-refractivity contribution in [2.75, 3.05) is 12.9 Å². The van der Waals surface area contributed by atoms with Crippen molar-refractivity contribution >= 4 is 23.7 Å². The van der Waals surface area contributed by atoms with Crippen LogP contribution >= 0.6 is 11.8 Å². The molecule has 0 aliphatic carbocycles. The average molecular weight is 387 g/mol. The van der Waals surface area contributed by atoms with Gasteiger partial charge in [-0.25, -0.2) is 9.59 Å². The number of esters is 2. The summed E-state index contributed by atoms with van der Waals surface area (Å²) in [7, 11) is 0. The van der Waals surface area contributed by atoms with Gasteiger partial charge in [-0.05, 0) is 61.2 Å². The molecule has 0 aliphatic rings. The second kappa shape index (κ2) is 11.4. The van der Waals surface area contributed by atoms with Crippen LogP contribution in [0.1, 0.15) is 59.7 Å². The topological polar surface area (TPSA) is 52.6 Å². The SMILES string of the molecule is CCCCCCCOC(=O)c1ccc(C(=O)Oc2ccc(SC)cc2)cc1. The third kappa shape index (κ3) is 7.10. The normalized spacial score (nSPS) is 10.4. The van der Waals surface area contributed by atoms with E-state index >= 15 is 0 Å². The summed E-state index contributed by atoms with van der Waals surface area (Å²) >= 11 is 1.62. The van der Waals surface area contributed by atoms with Crippen LogP contribution < -0.4 is 4.74 Å². The Kier molecular flexibility index (Phi) is 8.92. The predicted molar refractivity (Wildman–Crippen MR) is 109 cm³/mol. The number of ether oxygens (including phenoxy) is 2. The quantitative estimate of drug-likeness (QED) is 0.225. The summed E-state index contributed by atoms with van der Waals surface area (Å²) in [5.74, 6) is -0.329. The second-order valence-electron chi connectivity index (χ2n) is 6.19. The van der Waals surface area contributed by atoms with E-state index in [-0.39, 0.29) is 5.97 Å². The number of carbonyl (C=O) groups is 2. The van der Waals surface area contributed by atoms with Gasteiger partial charge in [-0.3, -0.25) is 0 Å². The third-order valence-electron chi connectivity index (χ3n) is 4.11. The first-order valence-corrected chi connectivity index (χ1v) is 10.5. The zero-order chi connectivity index (χ0) is 19.5. The standard InChI is InChI=1S/C22H26O4S/c1-3-4-5-6-7-16-25-21(23)17-8-10-18(11-9-17)22(24)26-19-12-14-20(27-2)15-13-19/h8-15H,3-7,16H2,1-2H3. The van der Waals surface area contributed by atoms with Gasteiger partial charge < -0.3 is 9.47 Å². The van der Waals surface area contributed by atoms with Crippen LogP contribution in [0.25, 0.3) is 0 Å². The van der Waals surface area contributed by atoms with Gasteiger partial charge in [-0.15, -0.1) is 11.8 Å². The molecule has 0 saturated heterocycles. The van der Waals surface area contributed by atoms with Crippen LogP contribution in [0.15, 0.2) is 53.4 Å². The van der Waals surface area contributed by atoms with Crippen molar-refractivity contribution in [3.8, 4) is 5.75 Å². The van der Waals surface area contributed by atoms with Crippen LogP contribution in [0.2, 0.25) is 0 Å². The highest BCUT2D eigenvalue weighted by molar-refractivity contribution is 7.98. The zero-order valence-electron chi connectivity index (χ0n) is 15.9. The Morgan fingerprint density at radius 2 is 1.41 bits per heavy atom. The van der Waals surface area contributed by atoms with E-state index in [4.69, 9.17) is 9.47 Å². The molecule has 144 valence electrons. The first-order valence-electron chi connectivity index (χ1n) is 9.27. The summed E-state index contributed by atoms with van der Waals surface area (Å²) in [4.78, 5) is 25.3. The molecule has 0 fully saturated rings. The van der Waals surface area contributed by atoms with Gasteiger partial charge in [0, 0.05) is 4.90 Å². The lowest BCUT2D eigenvalue weighted by atomic mass is 10.1. The lowest BCUT2D eigenvalue weighted by Gasteiger charge is -2.07. The minimum Gasteiger partial charge on any atom is -0.462 e. The smallest absolute Gasteiger partial charge is 0.343 e. The zero-order valence-corrected chi connectivity index (χ0v) is 16.7. The van der Waals surface area contributed by atoms with Crippen LogP contribution in [-0.2, 0) is 4.74 Å². The van der Waals surface area contributed by atoms with Crippen molar-refractivity contribution in [2.45, 2.75) is 43.9 Å². The van der Waals surface area contributed by atoms with Crippen molar-refractivity contribution < 1.29 is 19.1 Å². The van der Waals surface area contributed by atoms with E-state index in [0.29, 0.717) is 23.5 Å². The Morgan fingerprint density at radius 3 is 2.00 bits per heavy atom. The summed E-state index contributed by atoms with van der Waals surface area (Å²) in [6.45, 7) is 2.60.